The minimum Gasteiger partial charge on any atom is -0.310 e. The van der Waals surface area contributed by atoms with Crippen LogP contribution in [0.2, 0.25) is 0 Å². The number of hydrogen-bond acceptors (Lipinski definition) is 3. The first-order chi connectivity index (χ1) is 24.8. The second kappa shape index (κ2) is 10.8. The maximum Gasteiger partial charge on any atom is 0.0547 e. The average Bonchev–Trinajstić information content (AvgIpc) is 3.85. The van der Waals surface area contributed by atoms with Crippen molar-refractivity contribution < 1.29 is 0 Å². The maximum absolute atomic E-state index is 2.49. The van der Waals surface area contributed by atoms with Crippen molar-refractivity contribution in [3.05, 3.63) is 170 Å². The lowest BCUT2D eigenvalue weighted by atomic mass is 10.0. The summed E-state index contributed by atoms with van der Waals surface area (Å²) in [5.74, 6) is 0. The van der Waals surface area contributed by atoms with Crippen LogP contribution in [0.3, 0.4) is 0 Å². The van der Waals surface area contributed by atoms with Gasteiger partial charge in [0.05, 0.1) is 16.7 Å². The van der Waals surface area contributed by atoms with Crippen LogP contribution in [0.4, 0.5) is 17.1 Å². The normalized spacial score (nSPS) is 12.0. The van der Waals surface area contributed by atoms with E-state index in [1.807, 2.05) is 22.7 Å². The first-order valence-corrected chi connectivity index (χ1v) is 18.6. The van der Waals surface area contributed by atoms with Crippen molar-refractivity contribution in [3.8, 4) is 5.69 Å². The van der Waals surface area contributed by atoms with Crippen molar-refractivity contribution in [2.24, 2.45) is 0 Å². The summed E-state index contributed by atoms with van der Waals surface area (Å²) in [5, 5.41) is 10.2. The molecule has 3 heterocycles. The van der Waals surface area contributed by atoms with Gasteiger partial charge in [0, 0.05) is 79.0 Å². The van der Waals surface area contributed by atoms with Gasteiger partial charge in [0.2, 0.25) is 0 Å². The van der Waals surface area contributed by atoms with Crippen LogP contribution in [-0.4, -0.2) is 4.57 Å². The molecule has 0 atom stereocenters. The summed E-state index contributed by atoms with van der Waals surface area (Å²) in [7, 11) is 0. The number of hydrogen-bond donors (Lipinski definition) is 0. The summed E-state index contributed by atoms with van der Waals surface area (Å²) in [5.41, 5.74) is 7.05. The molecule has 0 fully saturated rings. The van der Waals surface area contributed by atoms with Crippen LogP contribution in [0, 0.1) is 0 Å². The molecule has 0 N–H and O–H groups in total. The van der Waals surface area contributed by atoms with E-state index < -0.39 is 0 Å². The molecule has 0 aliphatic heterocycles. The van der Waals surface area contributed by atoms with Crippen LogP contribution in [-0.2, 0) is 0 Å². The zero-order chi connectivity index (χ0) is 32.8. The fourth-order valence-corrected chi connectivity index (χ4v) is 10.3. The highest BCUT2D eigenvalue weighted by molar-refractivity contribution is 7.26. The SMILES string of the molecule is c1ccc(-n2c3ccccc3c3cc(N(c4ccc5c(c4)sc4ccccc45)c4cc5c6ccccc6sc5c5ccccc45)ccc32)cc1. The van der Waals surface area contributed by atoms with Crippen molar-refractivity contribution in [2.75, 3.05) is 4.90 Å². The Morgan fingerprint density at radius 3 is 1.76 bits per heavy atom. The summed E-state index contributed by atoms with van der Waals surface area (Å²) in [6, 6.07) is 62.5. The van der Waals surface area contributed by atoms with Crippen LogP contribution < -0.4 is 4.90 Å². The molecule has 0 amide bonds. The third-order valence-corrected chi connectivity index (χ3v) is 12.5. The minimum atomic E-state index is 1.14. The first kappa shape index (κ1) is 28.0. The van der Waals surface area contributed by atoms with Crippen LogP contribution in [0.15, 0.2) is 170 Å². The molecule has 2 nitrogen and oxygen atoms in total. The summed E-state index contributed by atoms with van der Waals surface area (Å²) in [6.07, 6.45) is 0. The molecule has 0 radical (unpaired) electrons. The molecule has 0 aliphatic carbocycles. The van der Waals surface area contributed by atoms with E-state index in [2.05, 4.69) is 179 Å². The number of nitrogens with zero attached hydrogens (tertiary/aromatic N) is 2. The van der Waals surface area contributed by atoms with Crippen molar-refractivity contribution in [3.63, 3.8) is 0 Å². The highest BCUT2D eigenvalue weighted by Gasteiger charge is 2.22. The Labute approximate surface area is 296 Å². The number of fused-ring (bicyclic) bond motifs is 11. The number of aromatic nitrogens is 1. The zero-order valence-corrected chi connectivity index (χ0v) is 28.5. The average molecular weight is 673 g/mol. The summed E-state index contributed by atoms with van der Waals surface area (Å²) < 4.78 is 7.66. The zero-order valence-electron chi connectivity index (χ0n) is 26.9. The molecule has 0 unspecified atom stereocenters. The molecule has 4 heteroatoms. The molecule has 0 aliphatic rings. The monoisotopic (exact) mass is 672 g/mol. The number of benzene rings is 8. The molecule has 3 aromatic heterocycles. The second-order valence-corrected chi connectivity index (χ2v) is 15.1. The van der Waals surface area contributed by atoms with Gasteiger partial charge in [0.25, 0.3) is 0 Å². The lowest BCUT2D eigenvalue weighted by molar-refractivity contribution is 1.18. The molecule has 0 spiro atoms. The molecule has 50 heavy (non-hydrogen) atoms. The molecule has 8 aromatic carbocycles. The Hall–Kier alpha value is -5.94. The molecule has 11 aromatic rings. The maximum atomic E-state index is 2.49. The van der Waals surface area contributed by atoms with Crippen LogP contribution in [0.25, 0.3) is 78.6 Å². The van der Waals surface area contributed by atoms with Crippen molar-refractivity contribution in [1.29, 1.82) is 0 Å². The van der Waals surface area contributed by atoms with E-state index in [1.165, 1.54) is 84.3 Å². The van der Waals surface area contributed by atoms with Crippen molar-refractivity contribution in [1.82, 2.24) is 4.57 Å². The van der Waals surface area contributed by atoms with E-state index in [9.17, 15) is 0 Å². The Morgan fingerprint density at radius 1 is 0.360 bits per heavy atom. The van der Waals surface area contributed by atoms with Crippen molar-refractivity contribution >= 4 is 113 Å². The molecular weight excluding hydrogens is 645 g/mol. The van der Waals surface area contributed by atoms with E-state index in [4.69, 9.17) is 0 Å². The topological polar surface area (TPSA) is 8.17 Å². The fraction of sp³-hybridized carbons (Fsp3) is 0. The first-order valence-electron chi connectivity index (χ1n) is 16.9. The van der Waals surface area contributed by atoms with Gasteiger partial charge in [-0.05, 0) is 66.7 Å². The van der Waals surface area contributed by atoms with Gasteiger partial charge in [-0.3, -0.25) is 0 Å². The van der Waals surface area contributed by atoms with E-state index in [0.717, 1.165) is 11.4 Å². The summed E-state index contributed by atoms with van der Waals surface area (Å²) in [6.45, 7) is 0. The Bertz CT molecular complexity index is 3110. The van der Waals surface area contributed by atoms with Gasteiger partial charge in [-0.15, -0.1) is 22.7 Å². The van der Waals surface area contributed by atoms with Gasteiger partial charge in [-0.25, -0.2) is 0 Å². The van der Waals surface area contributed by atoms with E-state index in [-0.39, 0.29) is 0 Å². The van der Waals surface area contributed by atoms with Crippen molar-refractivity contribution in [2.45, 2.75) is 0 Å². The number of thiophene rings is 2. The summed E-state index contributed by atoms with van der Waals surface area (Å²) >= 11 is 3.76. The van der Waals surface area contributed by atoms with Crippen LogP contribution in [0.1, 0.15) is 0 Å². The van der Waals surface area contributed by atoms with Gasteiger partial charge < -0.3 is 9.47 Å². The van der Waals surface area contributed by atoms with Gasteiger partial charge in [0.1, 0.15) is 0 Å². The molecule has 0 saturated carbocycles. The largest absolute Gasteiger partial charge is 0.310 e. The predicted octanol–water partition coefficient (Wildman–Crippen LogP) is 14.1. The lowest BCUT2D eigenvalue weighted by Gasteiger charge is -2.27. The number of anilines is 3. The predicted molar refractivity (Wildman–Crippen MR) is 219 cm³/mol. The molecule has 11 rings (SSSR count). The van der Waals surface area contributed by atoms with Crippen LogP contribution >= 0.6 is 22.7 Å². The van der Waals surface area contributed by atoms with E-state index >= 15 is 0 Å². The Kier molecular flexibility index (Phi) is 6.03. The standard InChI is InChI=1S/C46H28N2S2/c1-2-12-29(13-3-1)48-40-19-9-6-15-33(40)38-26-30(23-25-41(38)48)47(31-22-24-36-34-16-7-10-20-43(34)49-45(36)27-31)42-28-39-35-17-8-11-21-44(35)50-46(39)37-18-5-4-14-32(37)42/h1-28H. The Morgan fingerprint density at radius 2 is 0.940 bits per heavy atom. The van der Waals surface area contributed by atoms with Gasteiger partial charge in [-0.2, -0.15) is 0 Å². The van der Waals surface area contributed by atoms with Gasteiger partial charge in [0.15, 0.2) is 0 Å². The van der Waals surface area contributed by atoms with E-state index in [1.54, 1.807) is 0 Å². The number of para-hydroxylation sites is 2. The van der Waals surface area contributed by atoms with Crippen LogP contribution in [0.5, 0.6) is 0 Å². The third-order valence-electron chi connectivity index (χ3n) is 10.2. The number of rotatable bonds is 4. The second-order valence-electron chi connectivity index (χ2n) is 12.9. The highest BCUT2D eigenvalue weighted by Crippen LogP contribution is 2.48. The quantitative estimate of drug-likeness (QED) is 0.181. The molecule has 0 bridgehead atoms. The third kappa shape index (κ3) is 4.07. The minimum absolute atomic E-state index is 1.14. The fourth-order valence-electron chi connectivity index (χ4n) is 7.95. The van der Waals surface area contributed by atoms with Gasteiger partial charge in [-0.1, -0.05) is 103 Å². The smallest absolute Gasteiger partial charge is 0.0547 e. The Balaban J connectivity index is 1.24. The van der Waals surface area contributed by atoms with E-state index in [0.29, 0.717) is 0 Å². The molecular formula is C46H28N2S2. The molecule has 0 saturated heterocycles. The summed E-state index contributed by atoms with van der Waals surface area (Å²) in [4.78, 5) is 2.49. The lowest BCUT2D eigenvalue weighted by Crippen LogP contribution is -2.10. The van der Waals surface area contributed by atoms with Gasteiger partial charge >= 0.3 is 0 Å². The molecule has 234 valence electrons. The highest BCUT2D eigenvalue weighted by atomic mass is 32.1.